The van der Waals surface area contributed by atoms with Crippen molar-refractivity contribution in [3.05, 3.63) is 69.7 Å². The van der Waals surface area contributed by atoms with Gasteiger partial charge in [0.15, 0.2) is 0 Å². The van der Waals surface area contributed by atoms with E-state index in [0.29, 0.717) is 10.6 Å². The molecule has 0 saturated heterocycles. The summed E-state index contributed by atoms with van der Waals surface area (Å²) in [5.74, 6) is 5.49. The molecule has 0 saturated carbocycles. The molecule has 2 nitrogen and oxygen atoms in total. The number of aryl methyl sites for hydroxylation is 1. The summed E-state index contributed by atoms with van der Waals surface area (Å²) >= 11 is 6.21. The van der Waals surface area contributed by atoms with Crippen molar-refractivity contribution in [1.29, 1.82) is 0 Å². The van der Waals surface area contributed by atoms with E-state index in [-0.39, 0.29) is 5.56 Å². The first-order chi connectivity index (χ1) is 9.86. The van der Waals surface area contributed by atoms with Gasteiger partial charge in [-0.2, -0.15) is 13.2 Å². The number of nitrogens with one attached hydrogen (secondary N) is 1. The third-order valence-electron chi connectivity index (χ3n) is 3.28. The second-order valence-corrected chi connectivity index (χ2v) is 5.04. The Labute approximate surface area is 125 Å². The summed E-state index contributed by atoms with van der Waals surface area (Å²) in [5, 5.41) is 0.400. The number of nitrogens with two attached hydrogens (primary N) is 1. The highest BCUT2D eigenvalue weighted by atomic mass is 35.5. The summed E-state index contributed by atoms with van der Waals surface area (Å²) in [4.78, 5) is 0. The van der Waals surface area contributed by atoms with Crippen LogP contribution in [0.2, 0.25) is 5.02 Å². The fourth-order valence-electron chi connectivity index (χ4n) is 2.25. The van der Waals surface area contributed by atoms with Gasteiger partial charge in [-0.1, -0.05) is 48.0 Å². The van der Waals surface area contributed by atoms with Crippen LogP contribution in [0.15, 0.2) is 42.5 Å². The lowest BCUT2D eigenvalue weighted by Gasteiger charge is -2.22. The normalized spacial score (nSPS) is 13.2. The Kier molecular flexibility index (Phi) is 4.56. The minimum Gasteiger partial charge on any atom is -0.271 e. The number of halogens is 4. The first-order valence-corrected chi connectivity index (χ1v) is 6.61. The number of hydrogen-bond donors (Lipinski definition) is 2. The zero-order valence-corrected chi connectivity index (χ0v) is 12.0. The van der Waals surface area contributed by atoms with Gasteiger partial charge in [-0.3, -0.25) is 5.84 Å². The third kappa shape index (κ3) is 3.20. The standard InChI is InChI=1S/C15H14ClF3N2/c1-9-5-4-7-11(13(9)16)14(21-20)10-6-2-3-8-12(10)15(17,18)19/h2-8,14,21H,20H2,1H3. The van der Waals surface area contributed by atoms with Gasteiger partial charge in [0.25, 0.3) is 0 Å². The van der Waals surface area contributed by atoms with Crippen molar-refractivity contribution >= 4 is 11.6 Å². The van der Waals surface area contributed by atoms with Gasteiger partial charge >= 0.3 is 6.18 Å². The van der Waals surface area contributed by atoms with Crippen molar-refractivity contribution in [3.63, 3.8) is 0 Å². The van der Waals surface area contributed by atoms with E-state index in [1.165, 1.54) is 12.1 Å². The number of rotatable bonds is 3. The average molecular weight is 315 g/mol. The number of hydrogen-bond acceptors (Lipinski definition) is 2. The minimum absolute atomic E-state index is 0.0417. The molecular weight excluding hydrogens is 301 g/mol. The molecule has 6 heteroatoms. The van der Waals surface area contributed by atoms with Crippen LogP contribution in [-0.2, 0) is 6.18 Å². The van der Waals surface area contributed by atoms with E-state index in [9.17, 15) is 13.2 Å². The lowest BCUT2D eigenvalue weighted by molar-refractivity contribution is -0.138. The SMILES string of the molecule is Cc1cccc(C(NN)c2ccccc2C(F)(F)F)c1Cl. The predicted octanol–water partition coefficient (Wildman–Crippen LogP) is 4.22. The zero-order chi connectivity index (χ0) is 15.6. The summed E-state index contributed by atoms with van der Waals surface area (Å²) < 4.78 is 39.4. The number of benzene rings is 2. The Morgan fingerprint density at radius 3 is 2.29 bits per heavy atom. The Morgan fingerprint density at radius 1 is 1.05 bits per heavy atom. The lowest BCUT2D eigenvalue weighted by Crippen LogP contribution is -2.31. The molecule has 2 aromatic carbocycles. The molecule has 0 aromatic heterocycles. The van der Waals surface area contributed by atoms with Crippen LogP contribution in [0.5, 0.6) is 0 Å². The van der Waals surface area contributed by atoms with Crippen LogP contribution in [0.4, 0.5) is 13.2 Å². The van der Waals surface area contributed by atoms with Gasteiger partial charge in [-0.25, -0.2) is 5.43 Å². The molecule has 0 fully saturated rings. The molecule has 21 heavy (non-hydrogen) atoms. The first kappa shape index (κ1) is 15.8. The summed E-state index contributed by atoms with van der Waals surface area (Å²) in [6.45, 7) is 1.79. The maximum Gasteiger partial charge on any atom is 0.416 e. The smallest absolute Gasteiger partial charge is 0.271 e. The average Bonchev–Trinajstić information content (AvgIpc) is 2.44. The van der Waals surface area contributed by atoms with Crippen molar-refractivity contribution < 1.29 is 13.2 Å². The van der Waals surface area contributed by atoms with Crippen molar-refractivity contribution in [1.82, 2.24) is 5.43 Å². The second-order valence-electron chi connectivity index (χ2n) is 4.66. The highest BCUT2D eigenvalue weighted by Gasteiger charge is 2.35. The molecule has 0 aliphatic heterocycles. The van der Waals surface area contributed by atoms with Crippen LogP contribution >= 0.6 is 11.6 Å². The van der Waals surface area contributed by atoms with E-state index in [0.717, 1.165) is 11.6 Å². The quantitative estimate of drug-likeness (QED) is 0.657. The van der Waals surface area contributed by atoms with Crippen molar-refractivity contribution in [2.75, 3.05) is 0 Å². The molecule has 0 spiro atoms. The topological polar surface area (TPSA) is 38.0 Å². The van der Waals surface area contributed by atoms with E-state index < -0.39 is 17.8 Å². The van der Waals surface area contributed by atoms with Crippen LogP contribution in [-0.4, -0.2) is 0 Å². The largest absolute Gasteiger partial charge is 0.416 e. The molecule has 0 bridgehead atoms. The van der Waals surface area contributed by atoms with E-state index >= 15 is 0 Å². The highest BCUT2D eigenvalue weighted by Crippen LogP contribution is 2.38. The van der Waals surface area contributed by atoms with Crippen molar-refractivity contribution in [2.45, 2.75) is 19.1 Å². The second kappa shape index (κ2) is 6.05. The third-order valence-corrected chi connectivity index (χ3v) is 3.79. The molecule has 0 amide bonds. The molecule has 0 heterocycles. The fourth-order valence-corrected chi connectivity index (χ4v) is 2.48. The number of alkyl halides is 3. The Morgan fingerprint density at radius 2 is 1.67 bits per heavy atom. The summed E-state index contributed by atoms with van der Waals surface area (Å²) in [6.07, 6.45) is -4.46. The molecule has 0 aliphatic rings. The number of hydrazine groups is 1. The van der Waals surface area contributed by atoms with E-state index in [4.69, 9.17) is 17.4 Å². The predicted molar refractivity (Wildman–Crippen MR) is 76.8 cm³/mol. The van der Waals surface area contributed by atoms with Crippen LogP contribution in [0.1, 0.15) is 28.3 Å². The monoisotopic (exact) mass is 314 g/mol. The molecule has 0 aliphatic carbocycles. The molecule has 1 atom stereocenters. The van der Waals surface area contributed by atoms with E-state index in [2.05, 4.69) is 5.43 Å². The maximum atomic E-state index is 13.1. The summed E-state index contributed by atoms with van der Waals surface area (Å²) in [5.41, 5.74) is 3.03. The van der Waals surface area contributed by atoms with Gasteiger partial charge in [0.1, 0.15) is 0 Å². The molecule has 3 N–H and O–H groups in total. The highest BCUT2D eigenvalue weighted by molar-refractivity contribution is 6.32. The van der Waals surface area contributed by atoms with Gasteiger partial charge in [-0.05, 0) is 29.7 Å². The van der Waals surface area contributed by atoms with Crippen LogP contribution in [0, 0.1) is 6.92 Å². The van der Waals surface area contributed by atoms with Crippen molar-refractivity contribution in [2.24, 2.45) is 5.84 Å². The Hall–Kier alpha value is -1.56. The van der Waals surface area contributed by atoms with Crippen LogP contribution in [0.3, 0.4) is 0 Å². The van der Waals surface area contributed by atoms with Gasteiger partial charge in [0, 0.05) is 5.02 Å². The molecule has 0 radical (unpaired) electrons. The molecular formula is C15H14ClF3N2. The first-order valence-electron chi connectivity index (χ1n) is 6.23. The molecule has 1 unspecified atom stereocenters. The lowest BCUT2D eigenvalue weighted by atomic mass is 9.93. The van der Waals surface area contributed by atoms with Gasteiger partial charge in [-0.15, -0.1) is 0 Å². The van der Waals surface area contributed by atoms with Crippen molar-refractivity contribution in [3.8, 4) is 0 Å². The van der Waals surface area contributed by atoms with E-state index in [1.54, 1.807) is 31.2 Å². The molecule has 2 rings (SSSR count). The summed E-state index contributed by atoms with van der Waals surface area (Å²) in [6, 6.07) is 9.65. The van der Waals surface area contributed by atoms with Gasteiger partial charge in [0.05, 0.1) is 11.6 Å². The zero-order valence-electron chi connectivity index (χ0n) is 11.2. The van der Waals surface area contributed by atoms with Crippen LogP contribution in [0.25, 0.3) is 0 Å². The Bertz CT molecular complexity index is 641. The molecule has 2 aromatic rings. The van der Waals surface area contributed by atoms with Crippen LogP contribution < -0.4 is 11.3 Å². The molecule has 112 valence electrons. The minimum atomic E-state index is -4.46. The van der Waals surface area contributed by atoms with Gasteiger partial charge in [0.2, 0.25) is 0 Å². The van der Waals surface area contributed by atoms with Gasteiger partial charge < -0.3 is 0 Å². The summed E-state index contributed by atoms with van der Waals surface area (Å²) in [7, 11) is 0. The van der Waals surface area contributed by atoms with E-state index in [1.807, 2.05) is 0 Å². The maximum absolute atomic E-state index is 13.1. The fraction of sp³-hybridized carbons (Fsp3) is 0.200. The Balaban J connectivity index is 2.60.